The van der Waals surface area contributed by atoms with Gasteiger partial charge in [-0.25, -0.2) is 0 Å². The van der Waals surface area contributed by atoms with Crippen LogP contribution in [-0.2, 0) is 0 Å². The Balaban J connectivity index is 2.09. The van der Waals surface area contributed by atoms with Crippen LogP contribution in [-0.4, -0.2) is 33.1 Å². The number of rotatable bonds is 1. The highest BCUT2D eigenvalue weighted by Crippen LogP contribution is 2.63. The summed E-state index contributed by atoms with van der Waals surface area (Å²) in [6.07, 6.45) is 7.22. The SMILES string of the molecule is CC(C)C1=CC(O)C2(C)C1[C@H]1CC[C@](C)(O)C=CC1(C)C[C@@H]2O. The first kappa shape index (κ1) is 17.2. The summed E-state index contributed by atoms with van der Waals surface area (Å²) in [6, 6.07) is 0. The molecule has 0 radical (unpaired) electrons. The fourth-order valence-corrected chi connectivity index (χ4v) is 5.39. The number of fused-ring (bicyclic) bond motifs is 3. The van der Waals surface area contributed by atoms with E-state index < -0.39 is 23.2 Å². The van der Waals surface area contributed by atoms with Crippen LogP contribution in [0.15, 0.2) is 23.8 Å². The number of hydrogen-bond donors (Lipinski definition) is 3. The molecule has 4 unspecified atom stereocenters. The van der Waals surface area contributed by atoms with Crippen LogP contribution in [0.5, 0.6) is 0 Å². The predicted octanol–water partition coefficient (Wildman–Crippen LogP) is 3.05. The van der Waals surface area contributed by atoms with E-state index in [1.54, 1.807) is 0 Å². The Hall–Kier alpha value is -0.640. The molecule has 7 atom stereocenters. The zero-order valence-corrected chi connectivity index (χ0v) is 15.1. The molecule has 23 heavy (non-hydrogen) atoms. The second-order valence-corrected chi connectivity index (χ2v) is 9.17. The average Bonchev–Trinajstić information content (AvgIpc) is 2.64. The molecular weight excluding hydrogens is 288 g/mol. The zero-order valence-electron chi connectivity index (χ0n) is 15.1. The Bertz CT molecular complexity index is 547. The molecule has 0 spiro atoms. The molecule has 3 heteroatoms. The molecule has 0 bridgehead atoms. The largest absolute Gasteiger partial charge is 0.392 e. The van der Waals surface area contributed by atoms with E-state index in [1.165, 1.54) is 5.57 Å². The van der Waals surface area contributed by atoms with E-state index in [1.807, 2.05) is 26.0 Å². The van der Waals surface area contributed by atoms with Gasteiger partial charge in [-0.2, -0.15) is 0 Å². The van der Waals surface area contributed by atoms with Gasteiger partial charge in [0.05, 0.1) is 17.8 Å². The topological polar surface area (TPSA) is 60.7 Å². The molecule has 1 fully saturated rings. The van der Waals surface area contributed by atoms with E-state index in [0.717, 1.165) is 12.8 Å². The molecule has 3 aliphatic rings. The second kappa shape index (κ2) is 5.18. The van der Waals surface area contributed by atoms with Gasteiger partial charge in [0.2, 0.25) is 0 Å². The van der Waals surface area contributed by atoms with Crippen molar-refractivity contribution in [2.24, 2.45) is 28.6 Å². The van der Waals surface area contributed by atoms with Crippen molar-refractivity contribution in [1.82, 2.24) is 0 Å². The van der Waals surface area contributed by atoms with Crippen molar-refractivity contribution < 1.29 is 15.3 Å². The van der Waals surface area contributed by atoms with Crippen LogP contribution < -0.4 is 0 Å². The van der Waals surface area contributed by atoms with Crippen LogP contribution >= 0.6 is 0 Å². The van der Waals surface area contributed by atoms with Crippen molar-refractivity contribution >= 4 is 0 Å². The summed E-state index contributed by atoms with van der Waals surface area (Å²) in [7, 11) is 0. The monoisotopic (exact) mass is 320 g/mol. The highest BCUT2D eigenvalue weighted by molar-refractivity contribution is 5.32. The van der Waals surface area contributed by atoms with Crippen LogP contribution in [0, 0.1) is 28.6 Å². The maximum Gasteiger partial charge on any atom is 0.0807 e. The molecule has 3 rings (SSSR count). The van der Waals surface area contributed by atoms with E-state index in [-0.39, 0.29) is 11.3 Å². The average molecular weight is 320 g/mol. The zero-order chi connectivity index (χ0) is 17.2. The fraction of sp³-hybridized carbons (Fsp3) is 0.800. The third-order valence-corrected chi connectivity index (χ3v) is 7.07. The standard InChI is InChI=1S/C20H32O3/c1-12(2)13-10-15(21)20(5)16(22)11-18(3)8-9-19(4,23)7-6-14(18)17(13)20/h8-10,12,14-17,21-23H,6-7,11H2,1-5H3/t14-,15?,16+,17?,18?,19+,20?/m1/s1. The normalized spacial score (nSPS) is 52.8. The summed E-state index contributed by atoms with van der Waals surface area (Å²) in [5.41, 5.74) is -0.138. The summed E-state index contributed by atoms with van der Waals surface area (Å²) in [5.74, 6) is 0.871. The summed E-state index contributed by atoms with van der Waals surface area (Å²) in [5, 5.41) is 32.2. The van der Waals surface area contributed by atoms with Gasteiger partial charge in [0.15, 0.2) is 0 Å². The van der Waals surface area contributed by atoms with Crippen LogP contribution in [0.4, 0.5) is 0 Å². The van der Waals surface area contributed by atoms with E-state index in [0.29, 0.717) is 18.3 Å². The lowest BCUT2D eigenvalue weighted by Crippen LogP contribution is -2.56. The first-order valence-corrected chi connectivity index (χ1v) is 9.02. The first-order chi connectivity index (χ1) is 10.5. The van der Waals surface area contributed by atoms with Gasteiger partial charge >= 0.3 is 0 Å². The molecule has 0 saturated heterocycles. The Kier molecular flexibility index (Phi) is 3.87. The lowest BCUT2D eigenvalue weighted by Gasteiger charge is -2.55. The van der Waals surface area contributed by atoms with E-state index in [9.17, 15) is 15.3 Å². The van der Waals surface area contributed by atoms with Crippen LogP contribution in [0.1, 0.15) is 53.9 Å². The minimum Gasteiger partial charge on any atom is -0.392 e. The second-order valence-electron chi connectivity index (χ2n) is 9.17. The molecule has 0 amide bonds. The molecule has 0 aromatic carbocycles. The van der Waals surface area contributed by atoms with E-state index >= 15 is 0 Å². The fourth-order valence-electron chi connectivity index (χ4n) is 5.39. The summed E-state index contributed by atoms with van der Waals surface area (Å²) in [4.78, 5) is 0. The van der Waals surface area contributed by atoms with Crippen molar-refractivity contribution in [1.29, 1.82) is 0 Å². The summed E-state index contributed by atoms with van der Waals surface area (Å²) < 4.78 is 0. The smallest absolute Gasteiger partial charge is 0.0807 e. The summed E-state index contributed by atoms with van der Waals surface area (Å²) >= 11 is 0. The molecule has 130 valence electrons. The number of aliphatic hydroxyl groups excluding tert-OH is 2. The minimum atomic E-state index is -0.777. The quantitative estimate of drug-likeness (QED) is 0.651. The molecule has 3 N–H and O–H groups in total. The van der Waals surface area contributed by atoms with Crippen LogP contribution in [0.3, 0.4) is 0 Å². The maximum atomic E-state index is 10.9. The van der Waals surface area contributed by atoms with Crippen LogP contribution in [0.25, 0.3) is 0 Å². The van der Waals surface area contributed by atoms with Gasteiger partial charge in [-0.15, -0.1) is 0 Å². The number of allylic oxidation sites excluding steroid dienone is 2. The summed E-state index contributed by atoms with van der Waals surface area (Å²) in [6.45, 7) is 10.5. The van der Waals surface area contributed by atoms with Crippen molar-refractivity contribution in [3.8, 4) is 0 Å². The van der Waals surface area contributed by atoms with Gasteiger partial charge in [-0.3, -0.25) is 0 Å². The van der Waals surface area contributed by atoms with Gasteiger partial charge < -0.3 is 15.3 Å². The predicted molar refractivity (Wildman–Crippen MR) is 91.7 cm³/mol. The highest BCUT2D eigenvalue weighted by Gasteiger charge is 2.62. The Labute approximate surface area is 140 Å². The lowest BCUT2D eigenvalue weighted by molar-refractivity contribution is -0.135. The van der Waals surface area contributed by atoms with Gasteiger partial charge in [0.25, 0.3) is 0 Å². The third kappa shape index (κ3) is 2.43. The van der Waals surface area contributed by atoms with E-state index in [4.69, 9.17) is 0 Å². The van der Waals surface area contributed by atoms with Crippen molar-refractivity contribution in [3.63, 3.8) is 0 Å². The Morgan fingerprint density at radius 1 is 1.13 bits per heavy atom. The van der Waals surface area contributed by atoms with Crippen molar-refractivity contribution in [3.05, 3.63) is 23.8 Å². The van der Waals surface area contributed by atoms with Gasteiger partial charge in [0.1, 0.15) is 0 Å². The minimum absolute atomic E-state index is 0.137. The van der Waals surface area contributed by atoms with Gasteiger partial charge in [-0.05, 0) is 49.4 Å². The highest BCUT2D eigenvalue weighted by atomic mass is 16.3. The van der Waals surface area contributed by atoms with Gasteiger partial charge in [0, 0.05) is 5.41 Å². The molecule has 3 aliphatic carbocycles. The molecule has 0 aliphatic heterocycles. The first-order valence-electron chi connectivity index (χ1n) is 9.02. The molecule has 3 nitrogen and oxygen atoms in total. The molecule has 0 aromatic rings. The molecular formula is C20H32O3. The van der Waals surface area contributed by atoms with Crippen LogP contribution in [0.2, 0.25) is 0 Å². The van der Waals surface area contributed by atoms with E-state index in [2.05, 4.69) is 26.8 Å². The molecule has 1 saturated carbocycles. The molecule has 0 aromatic heterocycles. The van der Waals surface area contributed by atoms with Gasteiger partial charge in [-0.1, -0.05) is 51.5 Å². The Morgan fingerprint density at radius 3 is 2.39 bits per heavy atom. The van der Waals surface area contributed by atoms with Crippen molar-refractivity contribution in [2.45, 2.75) is 71.7 Å². The number of aliphatic hydroxyl groups is 3. The lowest BCUT2D eigenvalue weighted by atomic mass is 9.50. The Morgan fingerprint density at radius 2 is 1.78 bits per heavy atom. The maximum absolute atomic E-state index is 10.9. The number of hydrogen-bond acceptors (Lipinski definition) is 3. The molecule has 0 heterocycles. The van der Waals surface area contributed by atoms with Crippen molar-refractivity contribution in [2.75, 3.05) is 0 Å². The third-order valence-electron chi connectivity index (χ3n) is 7.07.